The fourth-order valence-electron chi connectivity index (χ4n) is 1.54. The first-order chi connectivity index (χ1) is 8.83. The van der Waals surface area contributed by atoms with Crippen molar-refractivity contribution in [2.45, 2.75) is 13.2 Å². The van der Waals surface area contributed by atoms with Gasteiger partial charge >= 0.3 is 0 Å². The van der Waals surface area contributed by atoms with Crippen LogP contribution in [0.25, 0.3) is 0 Å². The summed E-state index contributed by atoms with van der Waals surface area (Å²) in [4.78, 5) is 4.46. The highest BCUT2D eigenvalue weighted by Crippen LogP contribution is 2.26. The first kappa shape index (κ1) is 12.9. The molecule has 1 aromatic carbocycles. The van der Waals surface area contributed by atoms with Crippen LogP contribution < -0.4 is 14.8 Å². The second-order valence-corrected chi connectivity index (χ2v) is 4.65. The number of nitrogens with zero attached hydrogens (tertiary/aromatic N) is 1. The molecule has 0 amide bonds. The van der Waals surface area contributed by atoms with Crippen LogP contribution in [0, 0.1) is 0 Å². The van der Waals surface area contributed by atoms with Crippen molar-refractivity contribution in [3.63, 3.8) is 0 Å². The number of hydrogen-bond acceptors (Lipinski definition) is 5. The molecule has 1 N–H and O–H groups in total. The fraction of sp³-hybridized carbons (Fsp3) is 0.308. The molecule has 18 heavy (non-hydrogen) atoms. The minimum atomic E-state index is 0.459. The Morgan fingerprint density at radius 2 is 2.06 bits per heavy atom. The smallest absolute Gasteiger partial charge is 0.161 e. The van der Waals surface area contributed by atoms with Gasteiger partial charge in [0.15, 0.2) is 11.5 Å². The molecular formula is C13H16N2O2S. The second kappa shape index (κ2) is 6.37. The van der Waals surface area contributed by atoms with E-state index in [0.717, 1.165) is 28.7 Å². The van der Waals surface area contributed by atoms with Crippen molar-refractivity contribution in [3.05, 3.63) is 40.3 Å². The lowest BCUT2D eigenvalue weighted by molar-refractivity contribution is 0.281. The van der Waals surface area contributed by atoms with Crippen LogP contribution in [0.3, 0.4) is 0 Å². The molecular weight excluding hydrogens is 248 g/mol. The van der Waals surface area contributed by atoms with E-state index < -0.39 is 0 Å². The first-order valence-corrected chi connectivity index (χ1v) is 6.55. The summed E-state index contributed by atoms with van der Waals surface area (Å²) < 4.78 is 10.9. The van der Waals surface area contributed by atoms with Gasteiger partial charge in [0.25, 0.3) is 0 Å². The molecule has 0 aliphatic carbocycles. The maximum Gasteiger partial charge on any atom is 0.161 e. The zero-order valence-electron chi connectivity index (χ0n) is 10.5. The number of aromatic nitrogens is 1. The van der Waals surface area contributed by atoms with Gasteiger partial charge in [0.2, 0.25) is 0 Å². The summed E-state index contributed by atoms with van der Waals surface area (Å²) in [6, 6.07) is 7.60. The number of hydrogen-bond donors (Lipinski definition) is 1. The first-order valence-electron chi connectivity index (χ1n) is 5.67. The van der Waals surface area contributed by atoms with Gasteiger partial charge in [-0.2, -0.15) is 0 Å². The van der Waals surface area contributed by atoms with Crippen molar-refractivity contribution in [2.24, 2.45) is 0 Å². The molecule has 0 spiro atoms. The van der Waals surface area contributed by atoms with Crippen LogP contribution in [0.15, 0.2) is 29.6 Å². The van der Waals surface area contributed by atoms with E-state index in [2.05, 4.69) is 10.3 Å². The minimum absolute atomic E-state index is 0.459. The average Bonchev–Trinajstić information content (AvgIpc) is 2.85. The zero-order chi connectivity index (χ0) is 12.8. The van der Waals surface area contributed by atoms with E-state index in [-0.39, 0.29) is 0 Å². The van der Waals surface area contributed by atoms with E-state index in [4.69, 9.17) is 9.47 Å². The summed E-state index contributed by atoms with van der Waals surface area (Å²) in [6.45, 7) is 1.25. The van der Waals surface area contributed by atoms with E-state index in [1.54, 1.807) is 18.4 Å². The largest absolute Gasteiger partial charge is 0.493 e. The third-order valence-electron chi connectivity index (χ3n) is 2.37. The number of benzene rings is 1. The molecule has 0 fully saturated rings. The second-order valence-electron chi connectivity index (χ2n) is 3.70. The summed E-state index contributed by atoms with van der Waals surface area (Å²) in [5, 5.41) is 6.16. The van der Waals surface area contributed by atoms with E-state index in [1.807, 2.05) is 36.7 Å². The van der Waals surface area contributed by atoms with Gasteiger partial charge in [0.05, 0.1) is 12.8 Å². The molecule has 0 radical (unpaired) electrons. The Hall–Kier alpha value is -1.59. The van der Waals surface area contributed by atoms with Gasteiger partial charge in [-0.15, -0.1) is 11.3 Å². The Morgan fingerprint density at radius 1 is 1.28 bits per heavy atom. The van der Waals surface area contributed by atoms with Gasteiger partial charge in [-0.1, -0.05) is 12.1 Å². The molecule has 96 valence electrons. The van der Waals surface area contributed by atoms with Crippen molar-refractivity contribution in [2.75, 3.05) is 14.2 Å². The summed E-state index contributed by atoms with van der Waals surface area (Å²) >= 11 is 1.63. The topological polar surface area (TPSA) is 43.4 Å². The maximum atomic E-state index is 5.70. The van der Waals surface area contributed by atoms with Gasteiger partial charge in [0, 0.05) is 11.9 Å². The molecule has 0 aliphatic rings. The van der Waals surface area contributed by atoms with E-state index in [9.17, 15) is 0 Å². The van der Waals surface area contributed by atoms with Crippen molar-refractivity contribution >= 4 is 11.3 Å². The molecule has 0 saturated heterocycles. The number of rotatable bonds is 6. The standard InChI is InChI=1S/C13H16N2O2S/c1-14-7-13-15-10(9-18-13)8-17-12-6-4-3-5-11(12)16-2/h3-6,9,14H,7-8H2,1-2H3. The molecule has 0 atom stereocenters. The van der Waals surface area contributed by atoms with Crippen molar-refractivity contribution in [1.29, 1.82) is 0 Å². The SMILES string of the molecule is CNCc1nc(COc2ccccc2OC)cs1. The van der Waals surface area contributed by atoms with E-state index in [0.29, 0.717) is 6.61 Å². The van der Waals surface area contributed by atoms with Crippen molar-refractivity contribution in [3.8, 4) is 11.5 Å². The van der Waals surface area contributed by atoms with E-state index in [1.165, 1.54) is 0 Å². The van der Waals surface area contributed by atoms with Gasteiger partial charge < -0.3 is 14.8 Å². The number of thiazole rings is 1. The molecule has 5 heteroatoms. The molecule has 1 heterocycles. The van der Waals surface area contributed by atoms with E-state index >= 15 is 0 Å². The highest BCUT2D eigenvalue weighted by molar-refractivity contribution is 7.09. The Labute approximate surface area is 111 Å². The Balaban J connectivity index is 1.97. The molecule has 0 saturated carbocycles. The van der Waals surface area contributed by atoms with Crippen LogP contribution in [0.5, 0.6) is 11.5 Å². The Bertz CT molecular complexity index is 499. The molecule has 0 aliphatic heterocycles. The average molecular weight is 264 g/mol. The molecule has 4 nitrogen and oxygen atoms in total. The lowest BCUT2D eigenvalue weighted by atomic mass is 10.3. The molecule has 0 bridgehead atoms. The number of nitrogens with one attached hydrogen (secondary N) is 1. The lowest BCUT2D eigenvalue weighted by Crippen LogP contribution is -2.05. The molecule has 1 aromatic heterocycles. The predicted molar refractivity (Wildman–Crippen MR) is 72.2 cm³/mol. The highest BCUT2D eigenvalue weighted by atomic mass is 32.1. The third-order valence-corrected chi connectivity index (χ3v) is 3.27. The molecule has 2 aromatic rings. The van der Waals surface area contributed by atoms with Crippen molar-refractivity contribution in [1.82, 2.24) is 10.3 Å². The van der Waals surface area contributed by atoms with Crippen LogP contribution in [0.4, 0.5) is 0 Å². The summed E-state index contributed by atoms with van der Waals surface area (Å²) in [5.41, 5.74) is 0.941. The van der Waals surface area contributed by atoms with Gasteiger partial charge in [-0.25, -0.2) is 4.98 Å². The number of ether oxygens (including phenoxy) is 2. The summed E-state index contributed by atoms with van der Waals surface area (Å²) in [6.07, 6.45) is 0. The number of methoxy groups -OCH3 is 1. The molecule has 0 unspecified atom stereocenters. The van der Waals surface area contributed by atoms with Gasteiger partial charge in [-0.3, -0.25) is 0 Å². The highest BCUT2D eigenvalue weighted by Gasteiger charge is 2.05. The molecule has 2 rings (SSSR count). The predicted octanol–water partition coefficient (Wildman–Crippen LogP) is 2.45. The monoisotopic (exact) mass is 264 g/mol. The zero-order valence-corrected chi connectivity index (χ0v) is 11.3. The quantitative estimate of drug-likeness (QED) is 0.870. The van der Waals surface area contributed by atoms with Gasteiger partial charge in [0.1, 0.15) is 11.6 Å². The minimum Gasteiger partial charge on any atom is -0.493 e. The normalized spacial score (nSPS) is 10.3. The third kappa shape index (κ3) is 3.21. The van der Waals surface area contributed by atoms with Crippen LogP contribution >= 0.6 is 11.3 Å². The Kier molecular flexibility index (Phi) is 4.55. The maximum absolute atomic E-state index is 5.70. The summed E-state index contributed by atoms with van der Waals surface area (Å²) in [5.74, 6) is 1.48. The van der Waals surface area contributed by atoms with Crippen LogP contribution in [-0.4, -0.2) is 19.1 Å². The number of para-hydroxylation sites is 2. The lowest BCUT2D eigenvalue weighted by Gasteiger charge is -2.08. The fourth-order valence-corrected chi connectivity index (χ4v) is 2.33. The van der Waals surface area contributed by atoms with Crippen LogP contribution in [0.1, 0.15) is 10.7 Å². The van der Waals surface area contributed by atoms with Crippen molar-refractivity contribution < 1.29 is 9.47 Å². The summed E-state index contributed by atoms with van der Waals surface area (Å²) in [7, 11) is 3.54. The van der Waals surface area contributed by atoms with Gasteiger partial charge in [-0.05, 0) is 19.2 Å². The van der Waals surface area contributed by atoms with Crippen LogP contribution in [-0.2, 0) is 13.2 Å². The van der Waals surface area contributed by atoms with Crippen LogP contribution in [0.2, 0.25) is 0 Å². The Morgan fingerprint density at radius 3 is 2.78 bits per heavy atom.